The fraction of sp³-hybridized carbons (Fsp3) is 0.226. The summed E-state index contributed by atoms with van der Waals surface area (Å²) in [5.41, 5.74) is 19.0. The zero-order valence-electron chi connectivity index (χ0n) is 34.6. The molecule has 0 unspecified atom stereocenters. The van der Waals surface area contributed by atoms with Crippen LogP contribution in [-0.4, -0.2) is 3.21 Å². The molecule has 5 heteroatoms. The Kier molecular flexibility index (Phi) is 13.3. The smallest absolute Gasteiger partial charge is 1.00 e. The molecule has 0 atom stereocenters. The monoisotopic (exact) mass is 916 g/mol. The van der Waals surface area contributed by atoms with E-state index >= 15 is 0 Å². The molecule has 0 saturated heterocycles. The maximum Gasteiger partial charge on any atom is -1.00 e. The number of hydrogen-bond donors (Lipinski definition) is 0. The molecule has 6 aromatic rings. The Hall–Kier alpha value is -3.29. The molecule has 0 N–H and O–H groups in total. The van der Waals surface area contributed by atoms with Gasteiger partial charge >= 0.3 is 355 Å². The van der Waals surface area contributed by atoms with Crippen molar-refractivity contribution in [2.45, 2.75) is 76.3 Å². The van der Waals surface area contributed by atoms with Gasteiger partial charge in [-0.2, -0.15) is 0 Å². The second kappa shape index (κ2) is 17.4. The van der Waals surface area contributed by atoms with Crippen LogP contribution in [0.4, 0.5) is 0 Å². The van der Waals surface area contributed by atoms with Gasteiger partial charge < -0.3 is 24.8 Å². The van der Waals surface area contributed by atoms with Crippen LogP contribution in [0.25, 0.3) is 33.4 Å². The van der Waals surface area contributed by atoms with Gasteiger partial charge in [-0.05, 0) is 0 Å². The van der Waals surface area contributed by atoms with Crippen molar-refractivity contribution in [2.24, 2.45) is 0 Å². The molecule has 2 aliphatic carbocycles. The summed E-state index contributed by atoms with van der Waals surface area (Å²) < 4.78 is 3.52. The fourth-order valence-electron chi connectivity index (χ4n) is 9.06. The number of benzene rings is 6. The van der Waals surface area contributed by atoms with Gasteiger partial charge in [0.1, 0.15) is 0 Å². The Morgan fingerprint density at radius 1 is 0.534 bits per heavy atom. The summed E-state index contributed by atoms with van der Waals surface area (Å²) >= 11 is 9.64. The van der Waals surface area contributed by atoms with E-state index in [2.05, 4.69) is 171 Å². The van der Waals surface area contributed by atoms with Crippen LogP contribution in [0.1, 0.15) is 96.1 Å². The summed E-state index contributed by atoms with van der Waals surface area (Å²) in [7, 11) is 0. The van der Waals surface area contributed by atoms with Gasteiger partial charge in [0.05, 0.1) is 0 Å². The van der Waals surface area contributed by atoms with Crippen LogP contribution in [0.15, 0.2) is 143 Å². The molecule has 0 bridgehead atoms. The van der Waals surface area contributed by atoms with Crippen LogP contribution in [-0.2, 0) is 32.1 Å². The molecule has 6 aromatic carbocycles. The predicted molar refractivity (Wildman–Crippen MR) is 239 cm³/mol. The number of rotatable bonds is 6. The van der Waals surface area contributed by atoms with Crippen LogP contribution in [0.2, 0.25) is 10.0 Å². The molecular weight excluding hydrogens is 870 g/mol. The topological polar surface area (TPSA) is 0 Å². The number of halogens is 4. The van der Waals surface area contributed by atoms with E-state index in [0.717, 1.165) is 16.5 Å². The van der Waals surface area contributed by atoms with Crippen molar-refractivity contribution in [3.05, 3.63) is 197 Å². The minimum atomic E-state index is -2.94. The second-order valence-corrected chi connectivity index (χ2v) is 24.9. The van der Waals surface area contributed by atoms with Gasteiger partial charge in [-0.15, -0.1) is 0 Å². The SMILES string of the molecule is Cc1cc2c(cc1C(C)(C)C)-c1cc(C(C)(C)C)c(C)cc1[CH]2[Zr+2]([C]1=CC=CC1)=[C](c1ccc(-c2ccc(Cl)cc2)cc1)c1ccc(-c2ccc(Cl)cc2)cc1.[Cl-].[Cl-]. The molecule has 0 amide bonds. The van der Waals surface area contributed by atoms with Crippen molar-refractivity contribution >= 4 is 26.4 Å². The van der Waals surface area contributed by atoms with Gasteiger partial charge in [0.2, 0.25) is 0 Å². The molecule has 0 radical (unpaired) electrons. The van der Waals surface area contributed by atoms with Gasteiger partial charge in [-0.3, -0.25) is 0 Å². The summed E-state index contributed by atoms with van der Waals surface area (Å²) in [6, 6.07) is 45.4. The first kappa shape index (κ1) is 44.3. The minimum Gasteiger partial charge on any atom is -1.00 e. The average Bonchev–Trinajstić information content (AvgIpc) is 3.80. The molecule has 0 heterocycles. The van der Waals surface area contributed by atoms with E-state index in [1.54, 1.807) is 6.49 Å². The first-order valence-electron chi connectivity index (χ1n) is 19.8. The quantitative estimate of drug-likeness (QED) is 0.156. The Morgan fingerprint density at radius 2 is 0.897 bits per heavy atom. The molecular formula is C53H50Cl4Zr. The third kappa shape index (κ3) is 8.64. The van der Waals surface area contributed by atoms with E-state index in [1.165, 1.54) is 77.9 Å². The van der Waals surface area contributed by atoms with E-state index in [1.807, 2.05) is 24.3 Å². The molecule has 2 aliphatic rings. The Labute approximate surface area is 376 Å². The predicted octanol–water partition coefficient (Wildman–Crippen LogP) is 9.35. The van der Waals surface area contributed by atoms with Crippen LogP contribution in [0, 0.1) is 13.8 Å². The van der Waals surface area contributed by atoms with E-state index in [9.17, 15) is 0 Å². The maximum atomic E-state index is 6.29. The van der Waals surface area contributed by atoms with Crippen molar-refractivity contribution in [3.63, 3.8) is 0 Å². The first-order chi connectivity index (χ1) is 26.7. The number of hydrogen-bond acceptors (Lipinski definition) is 0. The van der Waals surface area contributed by atoms with Crippen molar-refractivity contribution in [1.29, 1.82) is 0 Å². The van der Waals surface area contributed by atoms with Gasteiger partial charge in [0.15, 0.2) is 0 Å². The van der Waals surface area contributed by atoms with Gasteiger partial charge in [-0.1, -0.05) is 0 Å². The summed E-state index contributed by atoms with van der Waals surface area (Å²) in [6.45, 7) is 18.8. The van der Waals surface area contributed by atoms with Crippen molar-refractivity contribution in [3.8, 4) is 33.4 Å². The van der Waals surface area contributed by atoms with Crippen molar-refractivity contribution in [1.82, 2.24) is 0 Å². The summed E-state index contributed by atoms with van der Waals surface area (Å²) in [4.78, 5) is 0. The Bertz CT molecular complexity index is 2400. The largest absolute Gasteiger partial charge is 1.00 e. The maximum absolute atomic E-state index is 6.29. The third-order valence-corrected chi connectivity index (χ3v) is 20.5. The van der Waals surface area contributed by atoms with Gasteiger partial charge in [0, 0.05) is 0 Å². The minimum absolute atomic E-state index is 0. The van der Waals surface area contributed by atoms with Gasteiger partial charge in [0.25, 0.3) is 0 Å². The summed E-state index contributed by atoms with van der Waals surface area (Å²) in [6.07, 6.45) is 8.17. The van der Waals surface area contributed by atoms with Crippen LogP contribution in [0.3, 0.4) is 0 Å². The van der Waals surface area contributed by atoms with E-state index < -0.39 is 21.3 Å². The molecule has 294 valence electrons. The number of aryl methyl sites for hydroxylation is 2. The molecule has 8 rings (SSSR count). The molecule has 0 aliphatic heterocycles. The van der Waals surface area contributed by atoms with Gasteiger partial charge in [-0.25, -0.2) is 0 Å². The normalized spacial score (nSPS) is 13.2. The molecule has 58 heavy (non-hydrogen) atoms. The molecule has 0 nitrogen and oxygen atoms in total. The summed E-state index contributed by atoms with van der Waals surface area (Å²) in [5.74, 6) is 0. The average molecular weight is 920 g/mol. The van der Waals surface area contributed by atoms with Crippen LogP contribution in [0.5, 0.6) is 0 Å². The number of fused-ring (bicyclic) bond motifs is 3. The zero-order chi connectivity index (χ0) is 39.5. The Balaban J connectivity index is 0.00000283. The van der Waals surface area contributed by atoms with E-state index in [0.29, 0.717) is 3.63 Å². The number of allylic oxidation sites excluding steroid dienone is 4. The van der Waals surface area contributed by atoms with E-state index in [4.69, 9.17) is 23.2 Å². The third-order valence-electron chi connectivity index (χ3n) is 11.7. The van der Waals surface area contributed by atoms with Crippen molar-refractivity contribution in [2.75, 3.05) is 0 Å². The van der Waals surface area contributed by atoms with E-state index in [-0.39, 0.29) is 35.6 Å². The molecule has 0 spiro atoms. The second-order valence-electron chi connectivity index (χ2n) is 17.7. The first-order valence-corrected chi connectivity index (χ1v) is 24.4. The molecule has 0 fully saturated rings. The zero-order valence-corrected chi connectivity index (χ0v) is 40.1. The standard InChI is InChI=1S/C25H16Cl2.C23H29.C5H5.2ClH.Zr/c26-24-13-9-22(10-14-24)20-5-1-18(2-6-20)17-19-3-7-21(8-4-19)23-11-15-25(27)16-12-23;1-14-9-16-11-17-10-15(2)21(23(6,7)8)13-19(17)18(16)12-20(14)22(3,4)5;1-2-4-5-3-1;;;/h1-16H;9-13H,1-8H3;1-3H,4H2;2*1H;/q;;;;;+2/p-2. The van der Waals surface area contributed by atoms with Crippen LogP contribution < -0.4 is 24.8 Å². The van der Waals surface area contributed by atoms with Crippen LogP contribution >= 0.6 is 23.2 Å². The molecule has 0 aromatic heterocycles. The van der Waals surface area contributed by atoms with Crippen molar-refractivity contribution < 1.29 is 46.1 Å². The molecule has 0 saturated carbocycles. The summed E-state index contributed by atoms with van der Waals surface area (Å²) in [5, 5.41) is 1.51. The Morgan fingerprint density at radius 3 is 1.22 bits per heavy atom. The fourth-order valence-corrected chi connectivity index (χ4v) is 18.3.